The van der Waals surface area contributed by atoms with Gasteiger partial charge in [-0.05, 0) is 19.1 Å². The average Bonchev–Trinajstić information content (AvgIpc) is 3.03. The number of benzene rings is 1. The summed E-state index contributed by atoms with van der Waals surface area (Å²) in [5.74, 6) is 0.474. The van der Waals surface area contributed by atoms with Gasteiger partial charge in [-0.2, -0.15) is 0 Å². The van der Waals surface area contributed by atoms with E-state index in [1.54, 1.807) is 17.0 Å². The van der Waals surface area contributed by atoms with Crippen LogP contribution in [-0.2, 0) is 13.1 Å². The van der Waals surface area contributed by atoms with Crippen molar-refractivity contribution in [3.8, 4) is 0 Å². The fourth-order valence-corrected chi connectivity index (χ4v) is 2.28. The second-order valence-corrected chi connectivity index (χ2v) is 4.72. The third kappa shape index (κ3) is 2.16. The number of para-hydroxylation sites is 1. The minimum Gasteiger partial charge on any atom is -0.458 e. The van der Waals surface area contributed by atoms with E-state index < -0.39 is 6.10 Å². The Morgan fingerprint density at radius 3 is 2.70 bits per heavy atom. The van der Waals surface area contributed by atoms with Crippen molar-refractivity contribution >= 4 is 11.0 Å². The molecule has 0 fully saturated rings. The van der Waals surface area contributed by atoms with Crippen LogP contribution in [0.5, 0.6) is 0 Å². The van der Waals surface area contributed by atoms with Crippen LogP contribution in [0.3, 0.4) is 0 Å². The number of aliphatic hydroxyl groups is 1. The van der Waals surface area contributed by atoms with Crippen LogP contribution in [0.25, 0.3) is 11.0 Å². The molecule has 0 radical (unpaired) electrons. The van der Waals surface area contributed by atoms with E-state index in [1.165, 1.54) is 4.57 Å². The van der Waals surface area contributed by atoms with Crippen molar-refractivity contribution in [2.45, 2.75) is 26.1 Å². The van der Waals surface area contributed by atoms with E-state index in [9.17, 15) is 9.90 Å². The lowest BCUT2D eigenvalue weighted by Gasteiger charge is -2.07. The Labute approximate surface area is 115 Å². The van der Waals surface area contributed by atoms with Crippen molar-refractivity contribution in [2.24, 2.45) is 0 Å². The number of furan rings is 1. The lowest BCUT2D eigenvalue weighted by molar-refractivity contribution is 0.131. The lowest BCUT2D eigenvalue weighted by Crippen LogP contribution is -2.25. The Morgan fingerprint density at radius 1 is 1.25 bits per heavy atom. The normalized spacial score (nSPS) is 12.9. The molecule has 5 nitrogen and oxygen atoms in total. The molecule has 1 aromatic carbocycles. The van der Waals surface area contributed by atoms with Gasteiger partial charge in [0.2, 0.25) is 0 Å². The van der Waals surface area contributed by atoms with Gasteiger partial charge in [-0.25, -0.2) is 4.79 Å². The maximum atomic E-state index is 11.9. The molecule has 0 spiro atoms. The molecular weight excluding hydrogens is 256 g/mol. The summed E-state index contributed by atoms with van der Waals surface area (Å²) in [5.41, 5.74) is 0.614. The van der Waals surface area contributed by atoms with Gasteiger partial charge < -0.3 is 9.52 Å². The highest BCUT2D eigenvalue weighted by molar-refractivity contribution is 5.77. The summed E-state index contributed by atoms with van der Waals surface area (Å²) < 4.78 is 8.68. The van der Waals surface area contributed by atoms with Crippen LogP contribution in [0, 0.1) is 0 Å². The Balaban J connectivity index is 1.86. The lowest BCUT2D eigenvalue weighted by atomic mass is 10.2. The molecule has 3 rings (SSSR count). The predicted octanol–water partition coefficient (Wildman–Crippen LogP) is 2.15. The molecule has 0 bridgehead atoms. The standard InChI is InChI=1S/C15H16N2O3/c1-2-16-7-8-17(15(16)19)10-12(18)14-9-11-5-3-4-6-13(11)20-14/h3-9,12,18H,2,10H2,1H3. The maximum absolute atomic E-state index is 11.9. The highest BCUT2D eigenvalue weighted by Crippen LogP contribution is 2.24. The van der Waals surface area contributed by atoms with Crippen LogP contribution in [0.15, 0.2) is 51.9 Å². The molecule has 1 unspecified atom stereocenters. The van der Waals surface area contributed by atoms with Gasteiger partial charge in [0.1, 0.15) is 17.4 Å². The molecule has 5 heteroatoms. The summed E-state index contributed by atoms with van der Waals surface area (Å²) in [5, 5.41) is 11.2. The third-order valence-electron chi connectivity index (χ3n) is 3.40. The first-order valence-electron chi connectivity index (χ1n) is 6.61. The monoisotopic (exact) mass is 272 g/mol. The molecule has 1 atom stereocenters. The fourth-order valence-electron chi connectivity index (χ4n) is 2.28. The molecule has 104 valence electrons. The molecule has 0 aliphatic rings. The van der Waals surface area contributed by atoms with Gasteiger partial charge in [0.05, 0.1) is 6.54 Å². The van der Waals surface area contributed by atoms with Crippen LogP contribution < -0.4 is 5.69 Å². The Kier molecular flexibility index (Phi) is 3.20. The van der Waals surface area contributed by atoms with Gasteiger partial charge in [0.25, 0.3) is 0 Å². The van der Waals surface area contributed by atoms with Crippen molar-refractivity contribution in [3.63, 3.8) is 0 Å². The summed E-state index contributed by atoms with van der Waals surface area (Å²) in [6.07, 6.45) is 2.55. The van der Waals surface area contributed by atoms with E-state index in [0.717, 1.165) is 11.0 Å². The summed E-state index contributed by atoms with van der Waals surface area (Å²) in [6, 6.07) is 9.38. The van der Waals surface area contributed by atoms with E-state index in [2.05, 4.69) is 0 Å². The highest BCUT2D eigenvalue weighted by Gasteiger charge is 2.15. The van der Waals surface area contributed by atoms with Crippen molar-refractivity contribution < 1.29 is 9.52 Å². The molecule has 3 aromatic rings. The maximum Gasteiger partial charge on any atom is 0.328 e. The summed E-state index contributed by atoms with van der Waals surface area (Å²) >= 11 is 0. The first-order chi connectivity index (χ1) is 9.69. The number of nitrogens with zero attached hydrogens (tertiary/aromatic N) is 2. The molecule has 2 heterocycles. The van der Waals surface area contributed by atoms with Gasteiger partial charge in [0.15, 0.2) is 0 Å². The number of hydrogen-bond donors (Lipinski definition) is 1. The number of hydrogen-bond acceptors (Lipinski definition) is 3. The molecule has 0 aliphatic heterocycles. The molecule has 20 heavy (non-hydrogen) atoms. The quantitative estimate of drug-likeness (QED) is 0.791. The topological polar surface area (TPSA) is 60.3 Å². The van der Waals surface area contributed by atoms with Crippen LogP contribution in [0.4, 0.5) is 0 Å². The second kappa shape index (κ2) is 5.02. The zero-order valence-corrected chi connectivity index (χ0v) is 11.2. The smallest absolute Gasteiger partial charge is 0.328 e. The van der Waals surface area contributed by atoms with E-state index in [4.69, 9.17) is 4.42 Å². The van der Waals surface area contributed by atoms with Gasteiger partial charge in [-0.15, -0.1) is 0 Å². The number of imidazole rings is 1. The molecule has 1 N–H and O–H groups in total. The minimum absolute atomic E-state index is 0.123. The minimum atomic E-state index is -0.840. The van der Waals surface area contributed by atoms with Gasteiger partial charge in [-0.3, -0.25) is 9.13 Å². The average molecular weight is 272 g/mol. The first-order valence-corrected chi connectivity index (χ1v) is 6.61. The predicted molar refractivity (Wildman–Crippen MR) is 75.5 cm³/mol. The SMILES string of the molecule is CCn1ccn(CC(O)c2cc3ccccc3o2)c1=O. The van der Waals surface area contributed by atoms with E-state index >= 15 is 0 Å². The summed E-state index contributed by atoms with van der Waals surface area (Å²) in [6.45, 7) is 2.71. The van der Waals surface area contributed by atoms with Crippen LogP contribution in [-0.4, -0.2) is 14.2 Å². The molecule has 0 saturated carbocycles. The summed E-state index contributed by atoms with van der Waals surface area (Å²) in [4.78, 5) is 11.9. The van der Waals surface area contributed by atoms with Gasteiger partial charge in [-0.1, -0.05) is 18.2 Å². The van der Waals surface area contributed by atoms with Crippen molar-refractivity contribution in [1.29, 1.82) is 0 Å². The Bertz CT molecular complexity index is 749. The summed E-state index contributed by atoms with van der Waals surface area (Å²) in [7, 11) is 0. The zero-order chi connectivity index (χ0) is 14.1. The molecular formula is C15H16N2O3. The number of aliphatic hydroxyl groups excluding tert-OH is 1. The van der Waals surface area contributed by atoms with Crippen LogP contribution in [0.2, 0.25) is 0 Å². The molecule has 0 amide bonds. The van der Waals surface area contributed by atoms with Crippen LogP contribution in [0.1, 0.15) is 18.8 Å². The number of fused-ring (bicyclic) bond motifs is 1. The van der Waals surface area contributed by atoms with E-state index in [0.29, 0.717) is 12.3 Å². The van der Waals surface area contributed by atoms with Crippen molar-refractivity contribution in [1.82, 2.24) is 9.13 Å². The van der Waals surface area contributed by atoms with E-state index in [1.807, 2.05) is 37.3 Å². The zero-order valence-electron chi connectivity index (χ0n) is 11.2. The van der Waals surface area contributed by atoms with Gasteiger partial charge >= 0.3 is 5.69 Å². The second-order valence-electron chi connectivity index (χ2n) is 4.72. The number of aromatic nitrogens is 2. The van der Waals surface area contributed by atoms with Crippen molar-refractivity contribution in [2.75, 3.05) is 0 Å². The van der Waals surface area contributed by atoms with Gasteiger partial charge in [0, 0.05) is 24.3 Å². The third-order valence-corrected chi connectivity index (χ3v) is 3.40. The van der Waals surface area contributed by atoms with E-state index in [-0.39, 0.29) is 12.2 Å². The first kappa shape index (κ1) is 12.7. The molecule has 0 saturated heterocycles. The fraction of sp³-hybridized carbons (Fsp3) is 0.267. The van der Waals surface area contributed by atoms with Crippen LogP contribution >= 0.6 is 0 Å². The highest BCUT2D eigenvalue weighted by atomic mass is 16.4. The molecule has 0 aliphatic carbocycles. The largest absolute Gasteiger partial charge is 0.458 e. The van der Waals surface area contributed by atoms with Crippen molar-refractivity contribution in [3.05, 3.63) is 59.0 Å². The number of rotatable bonds is 4. The Hall–Kier alpha value is -2.27. The molecule has 2 aromatic heterocycles. The Morgan fingerprint density at radius 2 is 2.00 bits per heavy atom. The number of aryl methyl sites for hydroxylation is 1.